The summed E-state index contributed by atoms with van der Waals surface area (Å²) in [5.74, 6) is 2.70. The van der Waals surface area contributed by atoms with Gasteiger partial charge in [0.05, 0.1) is 33.8 Å². The number of nitrogens with one attached hydrogen (secondary N) is 1. The zero-order valence-electron chi connectivity index (χ0n) is 38.1. The fourth-order valence-electron chi connectivity index (χ4n) is 9.13. The second-order valence-corrected chi connectivity index (χ2v) is 21.5. The second kappa shape index (κ2) is 21.1. The number of imidazole rings is 1. The van der Waals surface area contributed by atoms with E-state index < -0.39 is 37.1 Å². The molecule has 1 amide bonds. The molecule has 3 aliphatic heterocycles. The van der Waals surface area contributed by atoms with E-state index in [1.54, 1.807) is 44.1 Å². The van der Waals surface area contributed by atoms with Gasteiger partial charge in [-0.05, 0) is 65.9 Å². The van der Waals surface area contributed by atoms with Crippen molar-refractivity contribution in [3.63, 3.8) is 0 Å². The lowest BCUT2D eigenvalue weighted by molar-refractivity contribution is -0.201. The molecule has 69 heavy (non-hydrogen) atoms. The van der Waals surface area contributed by atoms with Crippen molar-refractivity contribution in [3.05, 3.63) is 180 Å². The molecule has 3 aliphatic rings. The minimum atomic E-state index is -1.25. The largest absolute Gasteiger partial charge is 0.497 e. The molecule has 1 N–H and O–H groups in total. The maximum absolute atomic E-state index is 13.3. The first-order valence-electron chi connectivity index (χ1n) is 22.8. The number of methoxy groups -OCH3 is 2. The van der Waals surface area contributed by atoms with E-state index in [4.69, 9.17) is 33.2 Å². The van der Waals surface area contributed by atoms with Crippen molar-refractivity contribution < 1.29 is 37.8 Å². The van der Waals surface area contributed by atoms with E-state index in [0.29, 0.717) is 45.3 Å². The van der Waals surface area contributed by atoms with Crippen molar-refractivity contribution in [3.8, 4) is 11.5 Å². The number of carbonyl (C=O) groups is 2. The first-order valence-corrected chi connectivity index (χ1v) is 26.6. The highest BCUT2D eigenvalue weighted by molar-refractivity contribution is 8.53. The SMILES string of the molecule is COc1ccc(C(OC[C@]23CO[C@@H](C2OP(SCCSC(=O)c2ccccc2)N2CCCC2)[C@H](n2cnc4c(NC(=O)c5ccccc5)ncnc42)O3)(c2ccccc2)c2ccc(OC)cc2)cc1. The third kappa shape index (κ3) is 9.65. The predicted octanol–water partition coefficient (Wildman–Crippen LogP) is 9.79. The van der Waals surface area contributed by atoms with Gasteiger partial charge in [0.15, 0.2) is 30.7 Å². The smallest absolute Gasteiger partial charge is 0.256 e. The van der Waals surface area contributed by atoms with Gasteiger partial charge < -0.3 is 33.5 Å². The van der Waals surface area contributed by atoms with Crippen LogP contribution in [0.5, 0.6) is 11.5 Å². The minimum Gasteiger partial charge on any atom is -0.497 e. The molecular weight excluding hydrogens is 932 g/mol. The predicted molar refractivity (Wildman–Crippen MR) is 269 cm³/mol. The fourth-order valence-corrected chi connectivity index (χ4v) is 14.5. The maximum atomic E-state index is 13.3. The zero-order valence-corrected chi connectivity index (χ0v) is 40.6. The van der Waals surface area contributed by atoms with E-state index in [1.165, 1.54) is 18.1 Å². The number of aromatic nitrogens is 4. The summed E-state index contributed by atoms with van der Waals surface area (Å²) in [7, 11) is 2.05. The van der Waals surface area contributed by atoms with E-state index in [0.717, 1.165) is 42.6 Å². The van der Waals surface area contributed by atoms with E-state index in [2.05, 4.69) is 32.1 Å². The van der Waals surface area contributed by atoms with Crippen LogP contribution in [0.25, 0.3) is 11.2 Å². The normalized spacial score (nSPS) is 20.5. The molecule has 5 aromatic carbocycles. The lowest BCUT2D eigenvalue weighted by Crippen LogP contribution is -2.49. The van der Waals surface area contributed by atoms with Gasteiger partial charge in [0.1, 0.15) is 41.2 Å². The van der Waals surface area contributed by atoms with E-state index in [1.807, 2.05) is 120 Å². The Morgan fingerprint density at radius 2 is 1.38 bits per heavy atom. The minimum absolute atomic E-state index is 0.0481. The average Bonchev–Trinajstić information content (AvgIpc) is 4.23. The van der Waals surface area contributed by atoms with E-state index >= 15 is 0 Å². The van der Waals surface area contributed by atoms with E-state index in [9.17, 15) is 9.59 Å². The Bertz CT molecular complexity index is 2800. The van der Waals surface area contributed by atoms with E-state index in [-0.39, 0.29) is 30.1 Å². The lowest BCUT2D eigenvalue weighted by Gasteiger charge is -2.40. The van der Waals surface area contributed by atoms with Gasteiger partial charge in [-0.15, -0.1) is 0 Å². The highest BCUT2D eigenvalue weighted by Gasteiger charge is 2.65. The van der Waals surface area contributed by atoms with Crippen LogP contribution < -0.4 is 14.8 Å². The number of thioether (sulfide) groups is 1. The number of carbonyl (C=O) groups excluding carboxylic acids is 2. The third-order valence-corrected chi connectivity index (χ3v) is 17.8. The lowest BCUT2D eigenvalue weighted by atomic mass is 9.79. The number of nitrogens with zero attached hydrogens (tertiary/aromatic N) is 5. The number of hydrogen-bond acceptors (Lipinski definition) is 14. The molecule has 354 valence electrons. The summed E-state index contributed by atoms with van der Waals surface area (Å²) >= 11 is 3.07. The van der Waals surface area contributed by atoms with Crippen molar-refractivity contribution in [1.82, 2.24) is 24.2 Å². The Morgan fingerprint density at radius 1 is 0.768 bits per heavy atom. The van der Waals surface area contributed by atoms with Crippen molar-refractivity contribution in [1.29, 1.82) is 0 Å². The van der Waals surface area contributed by atoms with Crippen LogP contribution in [0.4, 0.5) is 5.82 Å². The topological polar surface area (TPSA) is 148 Å². The number of anilines is 1. The van der Waals surface area contributed by atoms with Crippen molar-refractivity contribution in [2.45, 2.75) is 42.5 Å². The van der Waals surface area contributed by atoms with Gasteiger partial charge in [-0.3, -0.25) is 18.8 Å². The van der Waals surface area contributed by atoms with Crippen molar-refractivity contribution >= 4 is 58.6 Å². The second-order valence-electron chi connectivity index (χ2n) is 16.8. The number of amides is 1. The van der Waals surface area contributed by atoms with Gasteiger partial charge in [0, 0.05) is 35.7 Å². The molecule has 7 aromatic rings. The van der Waals surface area contributed by atoms with Crippen molar-refractivity contribution in [2.24, 2.45) is 0 Å². The van der Waals surface area contributed by atoms with Gasteiger partial charge in [0.2, 0.25) is 5.12 Å². The van der Waals surface area contributed by atoms with Crippen LogP contribution in [0.15, 0.2) is 152 Å². The summed E-state index contributed by atoms with van der Waals surface area (Å²) in [6, 6.07) is 44.4. The molecule has 5 heterocycles. The maximum Gasteiger partial charge on any atom is 0.256 e. The number of benzene rings is 5. The quantitative estimate of drug-likeness (QED) is 0.0466. The molecule has 3 fully saturated rings. The molecule has 0 aliphatic carbocycles. The van der Waals surface area contributed by atoms with Crippen LogP contribution >= 0.6 is 30.6 Å². The Kier molecular flexibility index (Phi) is 14.4. The summed E-state index contributed by atoms with van der Waals surface area (Å²) in [4.78, 5) is 40.2. The molecule has 14 nitrogen and oxygen atoms in total. The Morgan fingerprint density at radius 3 is 2.01 bits per heavy atom. The standard InChI is InChI=1S/C52H51N6O8PS2/c1-61-41-24-20-39(21-25-41)52(38-18-10-5-11-19-38,40-22-26-42(62-2)27-23-40)64-33-51-32-63-44(45(51)66-67(57-28-12-13-29-57)69-31-30-68-50(60)37-16-8-4-9-17-37)49(65-51)58-35-55-43-46(53-34-54-47(43)58)56-48(59)36-14-6-3-7-15-36/h3-11,14-27,34-35,44-45,49H,12-13,28-33H2,1-2H3,(H,53,54,56,59)/t44-,45?,49+,51+,67?/m0/s1. The molecular formula is C52H51N6O8PS2. The number of rotatable bonds is 19. The Hall–Kier alpha value is -5.68. The molecule has 5 atom stereocenters. The summed E-state index contributed by atoms with van der Waals surface area (Å²) in [6.45, 7) is 2.03. The van der Waals surface area contributed by atoms with Gasteiger partial charge >= 0.3 is 0 Å². The number of ether oxygens (including phenoxy) is 5. The van der Waals surface area contributed by atoms with Gasteiger partial charge in [-0.1, -0.05) is 126 Å². The monoisotopic (exact) mass is 982 g/mol. The molecule has 3 saturated heterocycles. The van der Waals surface area contributed by atoms with Crippen LogP contribution in [0.1, 0.15) is 56.5 Å². The first kappa shape index (κ1) is 47.0. The molecule has 0 radical (unpaired) electrons. The Balaban J connectivity index is 1.02. The highest BCUT2D eigenvalue weighted by Crippen LogP contribution is 2.61. The highest BCUT2D eigenvalue weighted by atomic mass is 32.7. The van der Waals surface area contributed by atoms with Crippen LogP contribution in [0.3, 0.4) is 0 Å². The Labute approximate surface area is 410 Å². The molecule has 2 bridgehead atoms. The molecule has 2 unspecified atom stereocenters. The average molecular weight is 983 g/mol. The van der Waals surface area contributed by atoms with Crippen molar-refractivity contribution in [2.75, 3.05) is 57.3 Å². The summed E-state index contributed by atoms with van der Waals surface area (Å²) in [6.07, 6.45) is 3.21. The molecule has 10 rings (SSSR count). The summed E-state index contributed by atoms with van der Waals surface area (Å²) < 4.78 is 44.7. The number of fused-ring (bicyclic) bond motifs is 3. The molecule has 2 aromatic heterocycles. The molecule has 0 saturated carbocycles. The van der Waals surface area contributed by atoms with Crippen LogP contribution in [-0.4, -0.2) is 105 Å². The van der Waals surface area contributed by atoms with Gasteiger partial charge in [-0.2, -0.15) is 0 Å². The summed E-state index contributed by atoms with van der Waals surface area (Å²) in [5, 5.41) is 2.97. The van der Waals surface area contributed by atoms with Crippen LogP contribution in [-0.2, 0) is 24.3 Å². The number of hydrogen-bond donors (Lipinski definition) is 1. The zero-order chi connectivity index (χ0) is 47.2. The van der Waals surface area contributed by atoms with Crippen LogP contribution in [0.2, 0.25) is 0 Å². The van der Waals surface area contributed by atoms with Crippen LogP contribution in [0, 0.1) is 0 Å². The molecule has 17 heteroatoms. The third-order valence-electron chi connectivity index (χ3n) is 12.6. The summed E-state index contributed by atoms with van der Waals surface area (Å²) in [5.41, 5.74) is 2.38. The first-order chi connectivity index (χ1) is 33.9. The molecule has 0 spiro atoms. The van der Waals surface area contributed by atoms with Gasteiger partial charge in [0.25, 0.3) is 5.91 Å². The van der Waals surface area contributed by atoms with Gasteiger partial charge in [-0.25, -0.2) is 15.0 Å². The fraction of sp³-hybridized carbons (Fsp3) is 0.288.